The van der Waals surface area contributed by atoms with Gasteiger partial charge in [-0.05, 0) is 37.6 Å². The lowest BCUT2D eigenvalue weighted by Gasteiger charge is -2.27. The number of carbonyl (C=O) groups excluding carboxylic acids is 2. The van der Waals surface area contributed by atoms with E-state index in [0.717, 1.165) is 0 Å². The fourth-order valence-corrected chi connectivity index (χ4v) is 2.68. The van der Waals surface area contributed by atoms with Crippen LogP contribution in [0.4, 0.5) is 23.1 Å². The number of ether oxygens (including phenoxy) is 2. The lowest BCUT2D eigenvalue weighted by atomic mass is 9.80. The van der Waals surface area contributed by atoms with E-state index in [-0.39, 0.29) is 18.8 Å². The van der Waals surface area contributed by atoms with Gasteiger partial charge in [0.15, 0.2) is 5.69 Å². The van der Waals surface area contributed by atoms with E-state index in [4.69, 9.17) is 26.7 Å². The number of nitrogens with zero attached hydrogens (tertiary/aromatic N) is 3. The minimum atomic E-state index is -2.30. The van der Waals surface area contributed by atoms with Crippen molar-refractivity contribution < 1.29 is 24.0 Å². The molecular formula is C17H20N6O6. The average molecular weight is 404 g/mol. The molecule has 12 heteroatoms. The van der Waals surface area contributed by atoms with Crippen LogP contribution in [-0.2, 0) is 19.7 Å². The summed E-state index contributed by atoms with van der Waals surface area (Å²) in [7, 11) is 0. The molecule has 0 spiro atoms. The monoisotopic (exact) mass is 404 g/mol. The van der Waals surface area contributed by atoms with Crippen LogP contribution in [0.15, 0.2) is 24.3 Å². The molecule has 0 aliphatic carbocycles. The first-order chi connectivity index (χ1) is 13.7. The highest BCUT2D eigenvalue weighted by atomic mass is 16.6. The lowest BCUT2D eigenvalue weighted by molar-refractivity contribution is -0.385. The van der Waals surface area contributed by atoms with Gasteiger partial charge in [-0.25, -0.2) is 9.78 Å². The van der Waals surface area contributed by atoms with Gasteiger partial charge in [0.2, 0.25) is 17.2 Å². The highest BCUT2D eigenvalue weighted by Crippen LogP contribution is 2.39. The standard InChI is InChI=1S/C17H20N6O6/c1-3-17(14(24)28-4-2,15(25)29-10-7-5-9(18)6-8-10)12-11(23(26)27)13(19)22-16(20)21-12/h5-8H,3-4,18H2,1-2H3,(H4,19,20,21,22). The van der Waals surface area contributed by atoms with Gasteiger partial charge in [0.25, 0.3) is 0 Å². The van der Waals surface area contributed by atoms with E-state index >= 15 is 0 Å². The quantitative estimate of drug-likeness (QED) is 0.148. The van der Waals surface area contributed by atoms with Crippen molar-refractivity contribution in [3.05, 3.63) is 40.1 Å². The molecule has 154 valence electrons. The second-order valence-electron chi connectivity index (χ2n) is 5.86. The van der Waals surface area contributed by atoms with E-state index in [9.17, 15) is 19.7 Å². The fraction of sp³-hybridized carbons (Fsp3) is 0.294. The van der Waals surface area contributed by atoms with Crippen LogP contribution in [0, 0.1) is 10.1 Å². The largest absolute Gasteiger partial charge is 0.465 e. The second-order valence-corrected chi connectivity index (χ2v) is 5.86. The Morgan fingerprint density at radius 2 is 1.72 bits per heavy atom. The highest BCUT2D eigenvalue weighted by molar-refractivity contribution is 6.07. The molecule has 1 aromatic heterocycles. The summed E-state index contributed by atoms with van der Waals surface area (Å²) in [4.78, 5) is 44.1. The van der Waals surface area contributed by atoms with Gasteiger partial charge in [-0.15, -0.1) is 0 Å². The molecule has 0 fully saturated rings. The summed E-state index contributed by atoms with van der Waals surface area (Å²) in [5, 5.41) is 11.6. The van der Waals surface area contributed by atoms with Crippen LogP contribution in [0.5, 0.6) is 5.75 Å². The normalized spacial score (nSPS) is 12.6. The molecule has 0 aliphatic rings. The maximum atomic E-state index is 13.1. The number of nitrogens with two attached hydrogens (primary N) is 3. The Kier molecular flexibility index (Phi) is 6.16. The Balaban J connectivity index is 2.72. The Labute approximate surface area is 165 Å². The maximum absolute atomic E-state index is 13.1. The number of aromatic nitrogens is 2. The molecular weight excluding hydrogens is 384 g/mol. The van der Waals surface area contributed by atoms with Gasteiger partial charge in [-0.3, -0.25) is 14.9 Å². The van der Waals surface area contributed by atoms with Crippen LogP contribution in [0.2, 0.25) is 0 Å². The summed E-state index contributed by atoms with van der Waals surface area (Å²) < 4.78 is 10.3. The topological polar surface area (TPSA) is 200 Å². The molecule has 29 heavy (non-hydrogen) atoms. The number of benzene rings is 1. The lowest BCUT2D eigenvalue weighted by Crippen LogP contribution is -2.48. The summed E-state index contributed by atoms with van der Waals surface area (Å²) in [6, 6.07) is 5.75. The molecule has 6 N–H and O–H groups in total. The van der Waals surface area contributed by atoms with E-state index in [1.165, 1.54) is 38.1 Å². The zero-order valence-corrected chi connectivity index (χ0v) is 15.7. The van der Waals surface area contributed by atoms with Crippen LogP contribution in [0.3, 0.4) is 0 Å². The predicted molar refractivity (Wildman–Crippen MR) is 103 cm³/mol. The highest BCUT2D eigenvalue weighted by Gasteiger charge is 2.55. The Bertz CT molecular complexity index is 948. The summed E-state index contributed by atoms with van der Waals surface area (Å²) in [6.07, 6.45) is -0.281. The van der Waals surface area contributed by atoms with Crippen molar-refractivity contribution in [1.29, 1.82) is 0 Å². The fourth-order valence-electron chi connectivity index (χ4n) is 2.68. The SMILES string of the molecule is CCOC(=O)C(CC)(C(=O)Oc1ccc(N)cc1)c1nc(N)nc(N)c1[N+](=O)[O-]. The van der Waals surface area contributed by atoms with Gasteiger partial charge < -0.3 is 26.7 Å². The Morgan fingerprint density at radius 1 is 1.10 bits per heavy atom. The van der Waals surface area contributed by atoms with Crippen molar-refractivity contribution in [2.75, 3.05) is 23.8 Å². The summed E-state index contributed by atoms with van der Waals surface area (Å²) in [6.45, 7) is 2.86. The van der Waals surface area contributed by atoms with Crippen molar-refractivity contribution in [2.24, 2.45) is 0 Å². The molecule has 1 atom stereocenters. The molecule has 0 bridgehead atoms. The summed E-state index contributed by atoms with van der Waals surface area (Å²) in [5.41, 5.74) is 13.5. The zero-order valence-electron chi connectivity index (χ0n) is 15.7. The molecule has 1 aromatic carbocycles. The molecule has 1 unspecified atom stereocenters. The first kappa shape index (κ1) is 21.3. The smallest absolute Gasteiger partial charge is 0.335 e. The van der Waals surface area contributed by atoms with Crippen LogP contribution < -0.4 is 21.9 Å². The maximum Gasteiger partial charge on any atom is 0.335 e. The molecule has 0 saturated carbocycles. The zero-order chi connectivity index (χ0) is 21.8. The number of rotatable bonds is 7. The summed E-state index contributed by atoms with van der Waals surface area (Å²) >= 11 is 0. The van der Waals surface area contributed by atoms with E-state index in [1.807, 2.05) is 0 Å². The number of hydrogen-bond donors (Lipinski definition) is 3. The molecule has 2 aromatic rings. The molecule has 12 nitrogen and oxygen atoms in total. The third-order valence-corrected chi connectivity index (χ3v) is 4.11. The molecule has 2 rings (SSSR count). The minimum absolute atomic E-state index is 0.0592. The predicted octanol–water partition coefficient (Wildman–Crippen LogP) is 0.948. The van der Waals surface area contributed by atoms with Gasteiger partial charge in [0, 0.05) is 5.69 Å². The number of anilines is 3. The average Bonchev–Trinajstić information content (AvgIpc) is 2.64. The van der Waals surface area contributed by atoms with E-state index < -0.39 is 45.4 Å². The Hall–Kier alpha value is -3.96. The first-order valence-electron chi connectivity index (χ1n) is 8.50. The van der Waals surface area contributed by atoms with Crippen molar-refractivity contribution >= 4 is 35.1 Å². The molecule has 1 heterocycles. The van der Waals surface area contributed by atoms with E-state index in [2.05, 4.69) is 9.97 Å². The molecule has 0 radical (unpaired) electrons. The minimum Gasteiger partial charge on any atom is -0.465 e. The molecule has 0 aliphatic heterocycles. The van der Waals surface area contributed by atoms with Crippen LogP contribution in [0.1, 0.15) is 26.0 Å². The molecule has 0 saturated heterocycles. The van der Waals surface area contributed by atoms with Crippen molar-refractivity contribution in [3.8, 4) is 5.75 Å². The van der Waals surface area contributed by atoms with E-state index in [1.54, 1.807) is 0 Å². The van der Waals surface area contributed by atoms with Gasteiger partial charge in [0.1, 0.15) is 5.75 Å². The third-order valence-electron chi connectivity index (χ3n) is 4.11. The third kappa shape index (κ3) is 4.00. The first-order valence-corrected chi connectivity index (χ1v) is 8.50. The van der Waals surface area contributed by atoms with Crippen LogP contribution in [0.25, 0.3) is 0 Å². The van der Waals surface area contributed by atoms with Crippen LogP contribution >= 0.6 is 0 Å². The van der Waals surface area contributed by atoms with Gasteiger partial charge in [0.05, 0.1) is 11.5 Å². The van der Waals surface area contributed by atoms with Gasteiger partial charge in [-0.2, -0.15) is 4.98 Å². The number of hydrogen-bond acceptors (Lipinski definition) is 11. The number of nitrogen functional groups attached to an aromatic ring is 3. The number of nitro groups is 1. The van der Waals surface area contributed by atoms with Crippen molar-refractivity contribution in [3.63, 3.8) is 0 Å². The number of esters is 2. The van der Waals surface area contributed by atoms with Gasteiger partial charge in [-0.1, -0.05) is 6.92 Å². The summed E-state index contributed by atoms with van der Waals surface area (Å²) in [5.74, 6) is -3.23. The van der Waals surface area contributed by atoms with Crippen molar-refractivity contribution in [1.82, 2.24) is 9.97 Å². The molecule has 0 amide bonds. The van der Waals surface area contributed by atoms with E-state index in [0.29, 0.717) is 5.69 Å². The van der Waals surface area contributed by atoms with Crippen molar-refractivity contribution in [2.45, 2.75) is 25.7 Å². The second kappa shape index (κ2) is 8.37. The Morgan fingerprint density at radius 3 is 2.24 bits per heavy atom. The van der Waals surface area contributed by atoms with Gasteiger partial charge >= 0.3 is 17.6 Å². The van der Waals surface area contributed by atoms with Crippen LogP contribution in [-0.4, -0.2) is 33.4 Å². The number of carbonyl (C=O) groups is 2.